The molecule has 0 unspecified atom stereocenters. The fourth-order valence-electron chi connectivity index (χ4n) is 1.45. The Hall–Kier alpha value is -0.510. The Bertz CT molecular complexity index is 342. The smallest absolute Gasteiger partial charge is 0.142 e. The molecule has 0 bridgehead atoms. The summed E-state index contributed by atoms with van der Waals surface area (Å²) in [6.45, 7) is 0. The number of nitrogens with two attached hydrogens (primary N) is 1. The molecule has 0 radical (unpaired) electrons. The van der Waals surface area contributed by atoms with Gasteiger partial charge in [0.2, 0.25) is 0 Å². The Morgan fingerprint density at radius 3 is 2.60 bits per heavy atom. The van der Waals surface area contributed by atoms with Gasteiger partial charge in [-0.25, -0.2) is 4.39 Å². The molecule has 5 heteroatoms. The first-order valence-electron chi connectivity index (χ1n) is 4.52. The van der Waals surface area contributed by atoms with Gasteiger partial charge in [0.15, 0.2) is 0 Å². The second kappa shape index (κ2) is 5.01. The van der Waals surface area contributed by atoms with Crippen LogP contribution in [0.4, 0.5) is 4.39 Å². The van der Waals surface area contributed by atoms with E-state index in [9.17, 15) is 4.39 Å². The zero-order valence-corrected chi connectivity index (χ0v) is 9.52. The Balaban J connectivity index is 0.00000112. The normalized spacial score (nSPS) is 23.9. The summed E-state index contributed by atoms with van der Waals surface area (Å²) in [5, 5.41) is 0.0890. The van der Waals surface area contributed by atoms with Gasteiger partial charge in [0.05, 0.1) is 5.02 Å². The second-order valence-corrected chi connectivity index (χ2v) is 3.95. The van der Waals surface area contributed by atoms with Crippen molar-refractivity contribution in [3.05, 3.63) is 29.0 Å². The zero-order valence-electron chi connectivity index (χ0n) is 7.95. The monoisotopic (exact) mass is 251 g/mol. The molecule has 1 aromatic carbocycles. The molecule has 1 aliphatic carbocycles. The second-order valence-electron chi connectivity index (χ2n) is 3.55. The van der Waals surface area contributed by atoms with Gasteiger partial charge in [0, 0.05) is 12.1 Å². The van der Waals surface area contributed by atoms with Gasteiger partial charge in [-0.2, -0.15) is 0 Å². The van der Waals surface area contributed by atoms with Gasteiger partial charge in [-0.05, 0) is 25.0 Å². The molecule has 2 N–H and O–H groups in total. The minimum Gasteiger partial charge on any atom is -0.490 e. The third-order valence-corrected chi connectivity index (χ3v) is 2.61. The quantitative estimate of drug-likeness (QED) is 0.878. The lowest BCUT2D eigenvalue weighted by molar-refractivity contribution is 0.101. The van der Waals surface area contributed by atoms with Gasteiger partial charge < -0.3 is 10.5 Å². The molecule has 0 aromatic heterocycles. The Kier molecular flexibility index (Phi) is 4.20. The van der Waals surface area contributed by atoms with Gasteiger partial charge in [-0.3, -0.25) is 0 Å². The van der Waals surface area contributed by atoms with Crippen LogP contribution in [-0.2, 0) is 0 Å². The number of hydrogen-bond donors (Lipinski definition) is 1. The fraction of sp³-hybridized carbons (Fsp3) is 0.400. The van der Waals surface area contributed by atoms with Crippen LogP contribution in [0, 0.1) is 5.82 Å². The molecule has 0 amide bonds. The third kappa shape index (κ3) is 2.97. The molecule has 2 nitrogen and oxygen atoms in total. The summed E-state index contributed by atoms with van der Waals surface area (Å²) < 4.78 is 18.3. The minimum absolute atomic E-state index is 0. The van der Waals surface area contributed by atoms with Crippen LogP contribution in [-0.4, -0.2) is 12.1 Å². The maximum absolute atomic E-state index is 12.8. The highest BCUT2D eigenvalue weighted by atomic mass is 35.5. The number of halogens is 3. The van der Waals surface area contributed by atoms with Crippen LogP contribution in [0.15, 0.2) is 18.2 Å². The standard InChI is InChI=1S/C10H11ClFNO.ClH/c11-9-5-7(1-2-10(9)12)14-8-3-6(13)4-8;/h1-2,5-6,8H,3-4,13H2;1H. The molecule has 0 spiro atoms. The maximum Gasteiger partial charge on any atom is 0.142 e. The van der Waals surface area contributed by atoms with Crippen LogP contribution in [0.1, 0.15) is 12.8 Å². The Morgan fingerprint density at radius 1 is 1.40 bits per heavy atom. The Morgan fingerprint density at radius 2 is 2.07 bits per heavy atom. The van der Waals surface area contributed by atoms with E-state index in [1.54, 1.807) is 6.07 Å². The van der Waals surface area contributed by atoms with E-state index < -0.39 is 5.82 Å². The molecular weight excluding hydrogens is 240 g/mol. The third-order valence-electron chi connectivity index (χ3n) is 2.33. The molecule has 1 saturated carbocycles. The van der Waals surface area contributed by atoms with Crippen molar-refractivity contribution in [2.75, 3.05) is 0 Å². The van der Waals surface area contributed by atoms with E-state index in [0.29, 0.717) is 5.75 Å². The summed E-state index contributed by atoms with van der Waals surface area (Å²) in [4.78, 5) is 0. The first kappa shape index (κ1) is 12.6. The number of ether oxygens (including phenoxy) is 1. The molecule has 84 valence electrons. The van der Waals surface area contributed by atoms with Crippen molar-refractivity contribution in [3.8, 4) is 5.75 Å². The van der Waals surface area contributed by atoms with Crippen LogP contribution in [0.5, 0.6) is 5.75 Å². The summed E-state index contributed by atoms with van der Waals surface area (Å²) in [6.07, 6.45) is 1.87. The van der Waals surface area contributed by atoms with Gasteiger partial charge in [-0.1, -0.05) is 11.6 Å². The van der Waals surface area contributed by atoms with Crippen molar-refractivity contribution >= 4 is 24.0 Å². The fourth-order valence-corrected chi connectivity index (χ4v) is 1.62. The molecule has 2 rings (SSSR count). The zero-order chi connectivity index (χ0) is 10.1. The Labute approximate surface area is 99.0 Å². The van der Waals surface area contributed by atoms with Crippen LogP contribution in [0.25, 0.3) is 0 Å². The number of rotatable bonds is 2. The van der Waals surface area contributed by atoms with Gasteiger partial charge in [0.25, 0.3) is 0 Å². The lowest BCUT2D eigenvalue weighted by atomic mass is 9.90. The first-order chi connectivity index (χ1) is 6.65. The summed E-state index contributed by atoms with van der Waals surface area (Å²) in [7, 11) is 0. The van der Waals surface area contributed by atoms with E-state index >= 15 is 0 Å². The predicted octanol–water partition coefficient (Wildman–Crippen LogP) is 2.77. The van der Waals surface area contributed by atoms with E-state index in [4.69, 9.17) is 22.1 Å². The highest BCUT2D eigenvalue weighted by Crippen LogP contribution is 2.27. The molecule has 15 heavy (non-hydrogen) atoms. The van der Waals surface area contributed by atoms with Crippen molar-refractivity contribution in [2.24, 2.45) is 5.73 Å². The van der Waals surface area contributed by atoms with E-state index in [0.717, 1.165) is 12.8 Å². The number of hydrogen-bond acceptors (Lipinski definition) is 2. The lowest BCUT2D eigenvalue weighted by Gasteiger charge is -2.32. The van der Waals surface area contributed by atoms with Crippen molar-refractivity contribution < 1.29 is 9.13 Å². The van der Waals surface area contributed by atoms with E-state index in [2.05, 4.69) is 0 Å². The van der Waals surface area contributed by atoms with Gasteiger partial charge in [-0.15, -0.1) is 12.4 Å². The van der Waals surface area contributed by atoms with Crippen molar-refractivity contribution in [1.29, 1.82) is 0 Å². The average molecular weight is 252 g/mol. The van der Waals surface area contributed by atoms with Gasteiger partial charge in [0.1, 0.15) is 17.7 Å². The molecule has 1 aliphatic rings. The van der Waals surface area contributed by atoms with Crippen molar-refractivity contribution in [3.63, 3.8) is 0 Å². The molecule has 0 heterocycles. The van der Waals surface area contributed by atoms with Crippen molar-refractivity contribution in [1.82, 2.24) is 0 Å². The number of benzene rings is 1. The topological polar surface area (TPSA) is 35.2 Å². The summed E-state index contributed by atoms with van der Waals surface area (Å²) in [5.74, 6) is 0.178. The molecule has 1 fully saturated rings. The van der Waals surface area contributed by atoms with Crippen LogP contribution in [0.2, 0.25) is 5.02 Å². The van der Waals surface area contributed by atoms with E-state index in [1.165, 1.54) is 12.1 Å². The predicted molar refractivity (Wildman–Crippen MR) is 60.3 cm³/mol. The molecule has 0 atom stereocenters. The molecule has 0 aliphatic heterocycles. The largest absolute Gasteiger partial charge is 0.490 e. The summed E-state index contributed by atoms with van der Waals surface area (Å²) in [6, 6.07) is 4.61. The molecular formula is C10H12Cl2FNO. The first-order valence-corrected chi connectivity index (χ1v) is 4.90. The van der Waals surface area contributed by atoms with E-state index in [1.807, 2.05) is 0 Å². The molecule has 0 saturated heterocycles. The SMILES string of the molecule is Cl.NC1CC(Oc2ccc(F)c(Cl)c2)C1. The van der Waals surface area contributed by atoms with Crippen LogP contribution < -0.4 is 10.5 Å². The maximum atomic E-state index is 12.8. The van der Waals surface area contributed by atoms with E-state index in [-0.39, 0.29) is 29.6 Å². The highest BCUT2D eigenvalue weighted by Gasteiger charge is 2.27. The highest BCUT2D eigenvalue weighted by molar-refractivity contribution is 6.30. The van der Waals surface area contributed by atoms with Crippen LogP contribution in [0.3, 0.4) is 0 Å². The van der Waals surface area contributed by atoms with Crippen LogP contribution >= 0.6 is 24.0 Å². The molecule has 1 aromatic rings. The minimum atomic E-state index is -0.427. The summed E-state index contributed by atoms with van der Waals surface area (Å²) >= 11 is 5.61. The van der Waals surface area contributed by atoms with Gasteiger partial charge >= 0.3 is 0 Å². The summed E-state index contributed by atoms with van der Waals surface area (Å²) in [5.41, 5.74) is 5.61. The van der Waals surface area contributed by atoms with Crippen molar-refractivity contribution in [2.45, 2.75) is 25.0 Å². The average Bonchev–Trinajstić information content (AvgIpc) is 2.09. The lowest BCUT2D eigenvalue weighted by Crippen LogP contribution is -2.43.